The van der Waals surface area contributed by atoms with Crippen LogP contribution in [0.15, 0.2) is 54.6 Å². The quantitative estimate of drug-likeness (QED) is 0.606. The molecule has 3 unspecified atom stereocenters. The van der Waals surface area contributed by atoms with Gasteiger partial charge in [-0.05, 0) is 36.1 Å². The second-order valence-corrected chi connectivity index (χ2v) is 8.35. The maximum atomic E-state index is 13.0. The molecule has 164 valence electrons. The van der Waals surface area contributed by atoms with Crippen molar-refractivity contribution in [1.82, 2.24) is 20.9 Å². The number of hydrogen-bond donors (Lipinski definition) is 3. The van der Waals surface area contributed by atoms with E-state index in [1.54, 1.807) is 12.1 Å². The zero-order valence-corrected chi connectivity index (χ0v) is 17.5. The van der Waals surface area contributed by atoms with E-state index in [9.17, 15) is 14.0 Å². The van der Waals surface area contributed by atoms with E-state index in [0.29, 0.717) is 25.9 Å². The molecule has 0 spiro atoms. The third-order valence-electron chi connectivity index (χ3n) is 6.17. The van der Waals surface area contributed by atoms with E-state index in [1.165, 1.54) is 17.7 Å². The molecular weight excluding hydrogens is 395 g/mol. The molecule has 7 heteroatoms. The van der Waals surface area contributed by atoms with Gasteiger partial charge < -0.3 is 16.0 Å². The smallest absolute Gasteiger partial charge is 0.237 e. The second-order valence-electron chi connectivity index (χ2n) is 8.35. The number of piperazine rings is 1. The van der Waals surface area contributed by atoms with Gasteiger partial charge in [0, 0.05) is 44.7 Å². The molecule has 2 fully saturated rings. The van der Waals surface area contributed by atoms with Crippen LogP contribution >= 0.6 is 0 Å². The number of carbonyl (C=O) groups is 2. The van der Waals surface area contributed by atoms with E-state index < -0.39 is 0 Å². The summed E-state index contributed by atoms with van der Waals surface area (Å²) in [5, 5.41) is 9.48. The predicted octanol–water partition coefficient (Wildman–Crippen LogP) is 1.95. The minimum atomic E-state index is -0.286. The Hall–Kier alpha value is -2.77. The van der Waals surface area contributed by atoms with Gasteiger partial charge >= 0.3 is 0 Å². The van der Waals surface area contributed by atoms with E-state index in [4.69, 9.17) is 0 Å². The van der Waals surface area contributed by atoms with Crippen LogP contribution in [0.3, 0.4) is 0 Å². The number of hydrogen-bond acceptors (Lipinski definition) is 4. The number of amides is 2. The molecule has 0 bridgehead atoms. The van der Waals surface area contributed by atoms with Crippen molar-refractivity contribution in [3.05, 3.63) is 71.5 Å². The average molecular weight is 425 g/mol. The molecule has 2 saturated heterocycles. The number of carbonyl (C=O) groups excluding carboxylic acids is 2. The van der Waals surface area contributed by atoms with Crippen molar-refractivity contribution in [1.29, 1.82) is 0 Å². The van der Waals surface area contributed by atoms with Crippen molar-refractivity contribution < 1.29 is 14.0 Å². The Balaban J connectivity index is 1.25. The first kappa shape index (κ1) is 21.5. The lowest BCUT2D eigenvalue weighted by Gasteiger charge is -2.37. The van der Waals surface area contributed by atoms with Gasteiger partial charge in [-0.3, -0.25) is 14.5 Å². The highest BCUT2D eigenvalue weighted by Crippen LogP contribution is 2.26. The first-order valence-corrected chi connectivity index (χ1v) is 10.9. The summed E-state index contributed by atoms with van der Waals surface area (Å²) >= 11 is 0. The lowest BCUT2D eigenvalue weighted by atomic mass is 10.0. The molecular formula is C24H29FN4O2. The van der Waals surface area contributed by atoms with Crippen LogP contribution in [0, 0.1) is 5.82 Å². The normalized spacial score (nSPS) is 23.3. The third-order valence-corrected chi connectivity index (χ3v) is 6.17. The summed E-state index contributed by atoms with van der Waals surface area (Å²) in [5.41, 5.74) is 2.10. The van der Waals surface area contributed by atoms with Crippen LogP contribution in [0.5, 0.6) is 0 Å². The second kappa shape index (κ2) is 10.0. The number of benzene rings is 2. The standard InChI is InChI=1S/C24H29FN4O2/c25-19-8-6-18(7-9-19)14-27-23(30)11-10-21-15-28-24(31)22-12-20(16-29(21)22)26-13-17-4-2-1-3-5-17/h1-9,20-22,26H,10-16H2,(H,27,30)(H,28,31). The number of nitrogens with one attached hydrogen (secondary N) is 3. The van der Waals surface area contributed by atoms with Crippen molar-refractivity contribution in [3.63, 3.8) is 0 Å². The van der Waals surface area contributed by atoms with Gasteiger partial charge in [-0.15, -0.1) is 0 Å². The number of halogens is 1. The van der Waals surface area contributed by atoms with Gasteiger partial charge in [0.15, 0.2) is 0 Å². The largest absolute Gasteiger partial charge is 0.353 e. The zero-order chi connectivity index (χ0) is 21.6. The van der Waals surface area contributed by atoms with Crippen molar-refractivity contribution >= 4 is 11.8 Å². The van der Waals surface area contributed by atoms with Crippen LogP contribution < -0.4 is 16.0 Å². The molecule has 0 saturated carbocycles. The molecule has 2 aliphatic rings. The van der Waals surface area contributed by atoms with E-state index >= 15 is 0 Å². The summed E-state index contributed by atoms with van der Waals surface area (Å²) in [6.45, 7) is 2.56. The fourth-order valence-corrected chi connectivity index (χ4v) is 4.44. The summed E-state index contributed by atoms with van der Waals surface area (Å²) in [5.74, 6) is -0.233. The van der Waals surface area contributed by atoms with Gasteiger partial charge in [-0.1, -0.05) is 42.5 Å². The van der Waals surface area contributed by atoms with Gasteiger partial charge in [0.2, 0.25) is 11.8 Å². The van der Waals surface area contributed by atoms with Gasteiger partial charge in [0.1, 0.15) is 5.82 Å². The number of nitrogens with zero attached hydrogens (tertiary/aromatic N) is 1. The summed E-state index contributed by atoms with van der Waals surface area (Å²) in [7, 11) is 0. The fourth-order valence-electron chi connectivity index (χ4n) is 4.44. The Morgan fingerprint density at radius 2 is 1.81 bits per heavy atom. The molecule has 2 aromatic carbocycles. The highest BCUT2D eigenvalue weighted by Gasteiger charge is 2.43. The Kier molecular flexibility index (Phi) is 6.94. The predicted molar refractivity (Wildman–Crippen MR) is 116 cm³/mol. The molecule has 2 aromatic rings. The highest BCUT2D eigenvalue weighted by molar-refractivity contribution is 5.83. The Labute approximate surface area is 182 Å². The third kappa shape index (κ3) is 5.68. The van der Waals surface area contributed by atoms with E-state index in [1.807, 2.05) is 18.2 Å². The topological polar surface area (TPSA) is 73.5 Å². The average Bonchev–Trinajstić information content (AvgIpc) is 3.23. The van der Waals surface area contributed by atoms with Crippen molar-refractivity contribution in [2.24, 2.45) is 0 Å². The highest BCUT2D eigenvalue weighted by atomic mass is 19.1. The van der Waals surface area contributed by atoms with Crippen LogP contribution in [-0.4, -0.2) is 47.9 Å². The molecule has 2 aliphatic heterocycles. The number of fused-ring (bicyclic) bond motifs is 1. The molecule has 0 aromatic heterocycles. The lowest BCUT2D eigenvalue weighted by Crippen LogP contribution is -2.58. The van der Waals surface area contributed by atoms with E-state index in [0.717, 1.165) is 25.1 Å². The molecule has 3 N–H and O–H groups in total. The molecule has 0 radical (unpaired) electrons. The maximum absolute atomic E-state index is 13.0. The van der Waals surface area contributed by atoms with Gasteiger partial charge in [-0.25, -0.2) is 4.39 Å². The zero-order valence-electron chi connectivity index (χ0n) is 17.5. The van der Waals surface area contributed by atoms with Crippen LogP contribution in [0.4, 0.5) is 4.39 Å². The van der Waals surface area contributed by atoms with Gasteiger partial charge in [-0.2, -0.15) is 0 Å². The molecule has 31 heavy (non-hydrogen) atoms. The minimum Gasteiger partial charge on any atom is -0.353 e. The van der Waals surface area contributed by atoms with Crippen LogP contribution in [0.2, 0.25) is 0 Å². The molecule has 2 amide bonds. The van der Waals surface area contributed by atoms with E-state index in [-0.39, 0.29) is 35.8 Å². The minimum absolute atomic E-state index is 0.0317. The lowest BCUT2D eigenvalue weighted by molar-refractivity contribution is -0.129. The first-order chi connectivity index (χ1) is 15.1. The van der Waals surface area contributed by atoms with Crippen molar-refractivity contribution in [2.45, 2.75) is 50.5 Å². The van der Waals surface area contributed by atoms with Crippen LogP contribution in [0.25, 0.3) is 0 Å². The summed E-state index contributed by atoms with van der Waals surface area (Å²) in [4.78, 5) is 26.9. The summed E-state index contributed by atoms with van der Waals surface area (Å²) < 4.78 is 13.0. The van der Waals surface area contributed by atoms with Crippen LogP contribution in [0.1, 0.15) is 30.4 Å². The molecule has 4 rings (SSSR count). The van der Waals surface area contributed by atoms with E-state index in [2.05, 4.69) is 33.0 Å². The Morgan fingerprint density at radius 1 is 1.06 bits per heavy atom. The molecule has 2 heterocycles. The molecule has 0 aliphatic carbocycles. The summed E-state index contributed by atoms with van der Waals surface area (Å²) in [6, 6.07) is 16.6. The molecule has 6 nitrogen and oxygen atoms in total. The van der Waals surface area contributed by atoms with Crippen LogP contribution in [-0.2, 0) is 22.7 Å². The fraction of sp³-hybridized carbons (Fsp3) is 0.417. The Morgan fingerprint density at radius 3 is 2.58 bits per heavy atom. The SMILES string of the molecule is O=C(CCC1CNC(=O)C2CC(NCc3ccccc3)CN12)NCc1ccc(F)cc1. The van der Waals surface area contributed by atoms with Crippen molar-refractivity contribution in [3.8, 4) is 0 Å². The molecule has 3 atom stereocenters. The van der Waals surface area contributed by atoms with Gasteiger partial charge in [0.25, 0.3) is 0 Å². The first-order valence-electron chi connectivity index (χ1n) is 10.9. The monoisotopic (exact) mass is 424 g/mol. The maximum Gasteiger partial charge on any atom is 0.237 e. The summed E-state index contributed by atoms with van der Waals surface area (Å²) in [6.07, 6.45) is 1.87. The van der Waals surface area contributed by atoms with Crippen molar-refractivity contribution in [2.75, 3.05) is 13.1 Å². The van der Waals surface area contributed by atoms with Gasteiger partial charge in [0.05, 0.1) is 6.04 Å². The number of rotatable bonds is 8. The Bertz CT molecular complexity index is 890.